The highest BCUT2D eigenvalue weighted by Crippen LogP contribution is 2.18. The number of hydrogen-bond acceptors (Lipinski definition) is 4. The minimum atomic E-state index is -0.474. The minimum absolute atomic E-state index is 0.0132. The van der Waals surface area contributed by atoms with Crippen molar-refractivity contribution in [2.24, 2.45) is 0 Å². The second kappa shape index (κ2) is 7.06. The quantitative estimate of drug-likeness (QED) is 0.926. The molecule has 0 radical (unpaired) electrons. The Morgan fingerprint density at radius 2 is 2.13 bits per heavy atom. The van der Waals surface area contributed by atoms with E-state index in [-0.39, 0.29) is 17.7 Å². The Kier molecular flexibility index (Phi) is 5.34. The first-order valence-electron chi connectivity index (χ1n) is 8.23. The van der Waals surface area contributed by atoms with Crippen LogP contribution in [0.15, 0.2) is 23.1 Å². The van der Waals surface area contributed by atoms with Crippen molar-refractivity contribution in [3.05, 3.63) is 28.7 Å². The van der Waals surface area contributed by atoms with Gasteiger partial charge >= 0.3 is 6.09 Å². The molecule has 0 aliphatic carbocycles. The van der Waals surface area contributed by atoms with Crippen LogP contribution in [0.1, 0.15) is 40.5 Å². The summed E-state index contributed by atoms with van der Waals surface area (Å²) >= 11 is 0. The molecule has 0 saturated carbocycles. The van der Waals surface area contributed by atoms with Gasteiger partial charge in [-0.25, -0.2) is 4.79 Å². The highest BCUT2D eigenvalue weighted by molar-refractivity contribution is 5.68. The lowest BCUT2D eigenvalue weighted by atomic mass is 10.2. The Balaban J connectivity index is 1.94. The predicted molar refractivity (Wildman–Crippen MR) is 90.8 cm³/mol. The second-order valence-electron chi connectivity index (χ2n) is 7.01. The van der Waals surface area contributed by atoms with E-state index in [1.165, 1.54) is 0 Å². The fraction of sp³-hybridized carbons (Fsp3) is 0.647. The van der Waals surface area contributed by atoms with Crippen LogP contribution >= 0.6 is 0 Å². The maximum Gasteiger partial charge on any atom is 0.410 e. The van der Waals surface area contributed by atoms with Gasteiger partial charge in [0.15, 0.2) is 0 Å². The van der Waals surface area contributed by atoms with E-state index in [0.717, 1.165) is 18.5 Å². The van der Waals surface area contributed by atoms with Crippen molar-refractivity contribution < 1.29 is 9.53 Å². The van der Waals surface area contributed by atoms with E-state index in [0.29, 0.717) is 19.6 Å². The first kappa shape index (κ1) is 17.4. The van der Waals surface area contributed by atoms with Gasteiger partial charge in [-0.05, 0) is 39.7 Å². The van der Waals surface area contributed by atoms with Crippen LogP contribution in [-0.2, 0) is 11.3 Å². The van der Waals surface area contributed by atoms with Gasteiger partial charge in [0.05, 0.1) is 5.69 Å². The third kappa shape index (κ3) is 5.01. The number of aromatic nitrogens is 1. The summed E-state index contributed by atoms with van der Waals surface area (Å²) in [5.74, 6) is 0. The summed E-state index contributed by atoms with van der Waals surface area (Å²) < 4.78 is 7.11. The van der Waals surface area contributed by atoms with Crippen molar-refractivity contribution in [2.45, 2.75) is 58.7 Å². The van der Waals surface area contributed by atoms with Gasteiger partial charge in [-0.1, -0.05) is 6.92 Å². The number of nitrogens with zero attached hydrogens (tertiary/aromatic N) is 2. The Hall–Kier alpha value is -1.98. The third-order valence-corrected chi connectivity index (χ3v) is 3.66. The first-order chi connectivity index (χ1) is 10.8. The van der Waals surface area contributed by atoms with Gasteiger partial charge < -0.3 is 19.5 Å². The molecule has 1 atom stereocenters. The van der Waals surface area contributed by atoms with E-state index in [4.69, 9.17) is 4.74 Å². The molecule has 1 amide bonds. The highest BCUT2D eigenvalue weighted by atomic mass is 16.6. The number of aryl methyl sites for hydroxylation is 1. The van der Waals surface area contributed by atoms with Crippen LogP contribution in [0.4, 0.5) is 10.5 Å². The van der Waals surface area contributed by atoms with Crippen LogP contribution < -0.4 is 10.9 Å². The molecule has 1 aliphatic heterocycles. The molecule has 1 aliphatic rings. The largest absolute Gasteiger partial charge is 0.444 e. The lowest BCUT2D eigenvalue weighted by molar-refractivity contribution is 0.0293. The third-order valence-electron chi connectivity index (χ3n) is 3.66. The van der Waals surface area contributed by atoms with Crippen molar-refractivity contribution in [1.82, 2.24) is 9.47 Å². The number of hydrogen-bond donors (Lipinski definition) is 1. The zero-order valence-electron chi connectivity index (χ0n) is 14.5. The van der Waals surface area contributed by atoms with Gasteiger partial charge in [-0.3, -0.25) is 4.79 Å². The standard InChI is InChI=1S/C17H27N3O3/c1-5-9-19-11-13(6-7-15(19)21)18-14-8-10-20(12-14)16(22)23-17(2,3)4/h6-7,11,14,18H,5,8-10,12H2,1-4H3. The average molecular weight is 321 g/mol. The van der Waals surface area contributed by atoms with E-state index in [9.17, 15) is 9.59 Å². The minimum Gasteiger partial charge on any atom is -0.444 e. The summed E-state index contributed by atoms with van der Waals surface area (Å²) in [6.45, 7) is 9.66. The van der Waals surface area contributed by atoms with E-state index in [1.807, 2.05) is 33.9 Å². The Morgan fingerprint density at radius 3 is 2.78 bits per heavy atom. The molecule has 0 aromatic carbocycles. The molecule has 1 unspecified atom stereocenters. The van der Waals surface area contributed by atoms with Crippen LogP contribution in [-0.4, -0.2) is 40.3 Å². The van der Waals surface area contributed by atoms with Gasteiger partial charge in [-0.2, -0.15) is 0 Å². The van der Waals surface area contributed by atoms with E-state index < -0.39 is 5.60 Å². The number of anilines is 1. The summed E-state index contributed by atoms with van der Waals surface area (Å²) in [5.41, 5.74) is 0.450. The lowest BCUT2D eigenvalue weighted by Crippen LogP contribution is -2.36. The van der Waals surface area contributed by atoms with Crippen molar-refractivity contribution in [3.63, 3.8) is 0 Å². The zero-order valence-corrected chi connectivity index (χ0v) is 14.5. The molecule has 0 bridgehead atoms. The fourth-order valence-electron chi connectivity index (χ4n) is 2.64. The molecule has 1 N–H and O–H groups in total. The molecular weight excluding hydrogens is 294 g/mol. The molecule has 1 aromatic heterocycles. The fourth-order valence-corrected chi connectivity index (χ4v) is 2.64. The van der Waals surface area contributed by atoms with Crippen LogP contribution in [0.2, 0.25) is 0 Å². The number of nitrogens with one attached hydrogen (secondary N) is 1. The van der Waals surface area contributed by atoms with E-state index >= 15 is 0 Å². The number of carbonyl (C=O) groups is 1. The smallest absolute Gasteiger partial charge is 0.410 e. The Labute approximate surface area is 137 Å². The molecule has 6 heteroatoms. The maximum atomic E-state index is 12.1. The van der Waals surface area contributed by atoms with Gasteiger partial charge in [-0.15, -0.1) is 0 Å². The Morgan fingerprint density at radius 1 is 1.39 bits per heavy atom. The lowest BCUT2D eigenvalue weighted by Gasteiger charge is -2.24. The molecule has 1 fully saturated rings. The number of likely N-dealkylation sites (tertiary alicyclic amines) is 1. The maximum absolute atomic E-state index is 12.1. The second-order valence-corrected chi connectivity index (χ2v) is 7.01. The van der Waals surface area contributed by atoms with Gasteiger partial charge in [0, 0.05) is 37.9 Å². The zero-order chi connectivity index (χ0) is 17.0. The van der Waals surface area contributed by atoms with Crippen molar-refractivity contribution in [3.8, 4) is 0 Å². The summed E-state index contributed by atoms with van der Waals surface area (Å²) in [4.78, 5) is 25.5. The van der Waals surface area contributed by atoms with Gasteiger partial charge in [0.1, 0.15) is 5.60 Å². The first-order valence-corrected chi connectivity index (χ1v) is 8.23. The van der Waals surface area contributed by atoms with Crippen molar-refractivity contribution >= 4 is 11.8 Å². The van der Waals surface area contributed by atoms with Gasteiger partial charge in [0.2, 0.25) is 0 Å². The van der Waals surface area contributed by atoms with Gasteiger partial charge in [0.25, 0.3) is 5.56 Å². The monoisotopic (exact) mass is 321 g/mol. The molecular formula is C17H27N3O3. The predicted octanol–water partition coefficient (Wildman–Crippen LogP) is 2.68. The molecule has 6 nitrogen and oxygen atoms in total. The van der Waals surface area contributed by atoms with Crippen LogP contribution in [0, 0.1) is 0 Å². The number of carbonyl (C=O) groups excluding carboxylic acids is 1. The summed E-state index contributed by atoms with van der Waals surface area (Å²) in [6.07, 6.45) is 3.37. The van der Waals surface area contributed by atoms with Crippen LogP contribution in [0.3, 0.4) is 0 Å². The molecule has 1 saturated heterocycles. The summed E-state index contributed by atoms with van der Waals surface area (Å²) in [5, 5.41) is 3.41. The van der Waals surface area contributed by atoms with Crippen molar-refractivity contribution in [2.75, 3.05) is 18.4 Å². The molecule has 0 spiro atoms. The van der Waals surface area contributed by atoms with Crippen molar-refractivity contribution in [1.29, 1.82) is 0 Å². The highest BCUT2D eigenvalue weighted by Gasteiger charge is 2.29. The van der Waals surface area contributed by atoms with Crippen LogP contribution in [0.5, 0.6) is 0 Å². The topological polar surface area (TPSA) is 63.6 Å². The Bertz CT molecular complexity index is 604. The molecule has 2 heterocycles. The SMILES string of the molecule is CCCn1cc(NC2CCN(C(=O)OC(C)(C)C)C2)ccc1=O. The number of pyridine rings is 1. The number of ether oxygens (including phenoxy) is 1. The molecule has 2 rings (SSSR count). The molecule has 128 valence electrons. The molecule has 23 heavy (non-hydrogen) atoms. The normalized spacial score (nSPS) is 18.1. The number of amides is 1. The van der Waals surface area contributed by atoms with Crippen LogP contribution in [0.25, 0.3) is 0 Å². The summed E-state index contributed by atoms with van der Waals surface area (Å²) in [6, 6.07) is 3.55. The van der Waals surface area contributed by atoms with E-state index in [1.54, 1.807) is 21.6 Å². The average Bonchev–Trinajstić information content (AvgIpc) is 2.90. The number of rotatable bonds is 4. The summed E-state index contributed by atoms with van der Waals surface area (Å²) in [7, 11) is 0. The molecule has 1 aromatic rings. The van der Waals surface area contributed by atoms with E-state index in [2.05, 4.69) is 5.32 Å².